The van der Waals surface area contributed by atoms with Gasteiger partial charge in [0.05, 0.1) is 33.8 Å². The first-order valence-corrected chi connectivity index (χ1v) is 6.39. The van der Waals surface area contributed by atoms with Gasteiger partial charge in [-0.15, -0.1) is 0 Å². The number of amides is 1. The lowest BCUT2D eigenvalue weighted by Crippen LogP contribution is -2.28. The van der Waals surface area contributed by atoms with Crippen LogP contribution < -0.4 is 11.1 Å². The molecule has 0 radical (unpaired) electrons. The van der Waals surface area contributed by atoms with Crippen LogP contribution in [0.4, 0.5) is 5.69 Å². The molecule has 0 bridgehead atoms. The third-order valence-corrected chi connectivity index (χ3v) is 3.16. The number of nitrogens with one attached hydrogen (secondary N) is 1. The zero-order valence-corrected chi connectivity index (χ0v) is 12.2. The van der Waals surface area contributed by atoms with Crippen LogP contribution in [0.25, 0.3) is 0 Å². The molecule has 1 atom stereocenters. The van der Waals surface area contributed by atoms with Crippen molar-refractivity contribution in [3.05, 3.63) is 27.7 Å². The highest BCUT2D eigenvalue weighted by Gasteiger charge is 2.16. The summed E-state index contributed by atoms with van der Waals surface area (Å²) in [7, 11) is 1.45. The molecule has 1 aromatic carbocycles. The lowest BCUT2D eigenvalue weighted by Gasteiger charge is -2.14. The number of carboxylic acids is 1. The van der Waals surface area contributed by atoms with E-state index >= 15 is 0 Å². The van der Waals surface area contributed by atoms with Gasteiger partial charge in [0.15, 0.2) is 0 Å². The highest BCUT2D eigenvalue weighted by Crippen LogP contribution is 2.32. The number of ether oxygens (including phenoxy) is 1. The van der Waals surface area contributed by atoms with Crippen molar-refractivity contribution in [2.45, 2.75) is 12.5 Å². The molecule has 0 aromatic heterocycles. The Morgan fingerprint density at radius 2 is 1.95 bits per heavy atom. The number of carbonyl (C=O) groups is 2. The Hall–Kier alpha value is -1.34. The van der Waals surface area contributed by atoms with Crippen LogP contribution in [0.3, 0.4) is 0 Å². The Kier molecular flexibility index (Phi) is 6.22. The van der Waals surface area contributed by atoms with Crippen molar-refractivity contribution in [3.63, 3.8) is 0 Å². The molecule has 1 unspecified atom stereocenters. The van der Waals surface area contributed by atoms with E-state index < -0.39 is 12.1 Å². The Morgan fingerprint density at radius 3 is 2.35 bits per heavy atom. The molecule has 0 aliphatic heterocycles. The van der Waals surface area contributed by atoms with Gasteiger partial charge in [-0.1, -0.05) is 23.2 Å². The molecule has 20 heavy (non-hydrogen) atoms. The van der Waals surface area contributed by atoms with E-state index in [1.54, 1.807) is 0 Å². The average molecular weight is 321 g/mol. The largest absolute Gasteiger partial charge is 0.478 e. The number of methoxy groups -OCH3 is 1. The van der Waals surface area contributed by atoms with Crippen molar-refractivity contribution < 1.29 is 19.4 Å². The smallest absolute Gasteiger partial charge is 0.335 e. The van der Waals surface area contributed by atoms with Crippen molar-refractivity contribution in [2.75, 3.05) is 19.0 Å². The number of nitrogens with two attached hydrogens (primary N) is 1. The fraction of sp³-hybridized carbons (Fsp3) is 0.333. The number of carbonyl (C=O) groups excluding carboxylic acids is 1. The average Bonchev–Trinajstić information content (AvgIpc) is 2.39. The second-order valence-corrected chi connectivity index (χ2v) is 4.78. The molecule has 0 heterocycles. The first kappa shape index (κ1) is 16.7. The van der Waals surface area contributed by atoms with Crippen molar-refractivity contribution >= 4 is 40.8 Å². The van der Waals surface area contributed by atoms with Crippen LogP contribution in [0, 0.1) is 0 Å². The molecule has 8 heteroatoms. The van der Waals surface area contributed by atoms with Gasteiger partial charge in [0.2, 0.25) is 5.91 Å². The third kappa shape index (κ3) is 4.35. The van der Waals surface area contributed by atoms with Gasteiger partial charge < -0.3 is 20.9 Å². The second kappa shape index (κ2) is 7.44. The van der Waals surface area contributed by atoms with Gasteiger partial charge in [-0.3, -0.25) is 4.79 Å². The van der Waals surface area contributed by atoms with Crippen molar-refractivity contribution in [2.24, 2.45) is 5.73 Å². The molecule has 0 saturated carbocycles. The maximum Gasteiger partial charge on any atom is 0.335 e. The minimum absolute atomic E-state index is 0.0420. The fourth-order valence-corrected chi connectivity index (χ4v) is 2.06. The summed E-state index contributed by atoms with van der Waals surface area (Å²) in [5.41, 5.74) is 5.52. The Morgan fingerprint density at radius 1 is 1.40 bits per heavy atom. The summed E-state index contributed by atoms with van der Waals surface area (Å²) in [6.45, 7) is 0.198. The minimum atomic E-state index is -1.16. The van der Waals surface area contributed by atoms with E-state index in [9.17, 15) is 9.59 Å². The third-order valence-electron chi connectivity index (χ3n) is 2.56. The first-order valence-electron chi connectivity index (χ1n) is 5.64. The maximum atomic E-state index is 11.8. The second-order valence-electron chi connectivity index (χ2n) is 3.97. The van der Waals surface area contributed by atoms with E-state index in [1.165, 1.54) is 19.2 Å². The number of aromatic carboxylic acids is 1. The summed E-state index contributed by atoms with van der Waals surface area (Å²) in [5, 5.41) is 11.5. The highest BCUT2D eigenvalue weighted by molar-refractivity contribution is 6.40. The highest BCUT2D eigenvalue weighted by atomic mass is 35.5. The predicted molar refractivity (Wildman–Crippen MR) is 76.5 cm³/mol. The molecular weight excluding hydrogens is 307 g/mol. The molecule has 1 amide bonds. The lowest BCUT2D eigenvalue weighted by atomic mass is 10.2. The topological polar surface area (TPSA) is 102 Å². The maximum absolute atomic E-state index is 11.8. The van der Waals surface area contributed by atoms with E-state index in [1.807, 2.05) is 0 Å². The van der Waals surface area contributed by atoms with Gasteiger partial charge in [0, 0.05) is 13.7 Å². The molecule has 0 aliphatic carbocycles. The van der Waals surface area contributed by atoms with Crippen LogP contribution >= 0.6 is 23.2 Å². The zero-order valence-electron chi connectivity index (χ0n) is 10.7. The number of benzene rings is 1. The summed E-state index contributed by atoms with van der Waals surface area (Å²) in [6.07, 6.45) is -0.369. The normalized spacial score (nSPS) is 12.0. The van der Waals surface area contributed by atoms with Gasteiger partial charge in [0.1, 0.15) is 0 Å². The van der Waals surface area contributed by atoms with E-state index in [-0.39, 0.29) is 40.2 Å². The summed E-state index contributed by atoms with van der Waals surface area (Å²) in [4.78, 5) is 22.6. The van der Waals surface area contributed by atoms with Crippen molar-refractivity contribution in [1.82, 2.24) is 0 Å². The molecule has 0 saturated heterocycles. The molecule has 6 nitrogen and oxygen atoms in total. The molecule has 110 valence electrons. The molecule has 0 fully saturated rings. The summed E-state index contributed by atoms with van der Waals surface area (Å²) >= 11 is 11.8. The molecule has 1 aromatic rings. The van der Waals surface area contributed by atoms with Crippen LogP contribution in [-0.2, 0) is 9.53 Å². The Balaban J connectivity index is 2.88. The predicted octanol–water partition coefficient (Wildman–Crippen LogP) is 1.99. The molecular formula is C12H14Cl2N2O4. The number of rotatable bonds is 6. The molecule has 1 rings (SSSR count). The molecule has 0 aliphatic rings. The Labute approximate surface area is 125 Å². The number of carboxylic acid groups (broad SMARTS) is 1. The van der Waals surface area contributed by atoms with Crippen LogP contribution in [0.2, 0.25) is 10.0 Å². The number of anilines is 1. The number of hydrogen-bond donors (Lipinski definition) is 3. The van der Waals surface area contributed by atoms with E-state index in [4.69, 9.17) is 38.8 Å². The minimum Gasteiger partial charge on any atom is -0.478 e. The molecule has 0 spiro atoms. The lowest BCUT2D eigenvalue weighted by molar-refractivity contribution is -0.118. The quantitative estimate of drug-likeness (QED) is 0.744. The SMILES string of the molecule is COC(CN)CC(=O)Nc1c(Cl)cc(C(=O)O)cc1Cl. The van der Waals surface area contributed by atoms with Gasteiger partial charge in [0.25, 0.3) is 0 Å². The van der Waals surface area contributed by atoms with Crippen molar-refractivity contribution in [3.8, 4) is 0 Å². The zero-order chi connectivity index (χ0) is 15.3. The summed E-state index contributed by atoms with van der Waals surface area (Å²) < 4.78 is 4.99. The number of halogens is 2. The fourth-order valence-electron chi connectivity index (χ4n) is 1.48. The van der Waals surface area contributed by atoms with E-state index in [0.29, 0.717) is 0 Å². The van der Waals surface area contributed by atoms with Gasteiger partial charge in [-0.25, -0.2) is 4.79 Å². The van der Waals surface area contributed by atoms with Crippen LogP contribution in [0.1, 0.15) is 16.8 Å². The van der Waals surface area contributed by atoms with E-state index in [0.717, 1.165) is 0 Å². The first-order chi connectivity index (χ1) is 9.38. The Bertz CT molecular complexity index is 495. The van der Waals surface area contributed by atoms with Gasteiger partial charge in [-0.05, 0) is 12.1 Å². The standard InChI is InChI=1S/C12H14Cl2N2O4/c1-20-7(5-15)4-10(17)16-11-8(13)2-6(12(18)19)3-9(11)14/h2-3,7H,4-5,15H2,1H3,(H,16,17)(H,18,19). The van der Waals surface area contributed by atoms with Gasteiger partial charge >= 0.3 is 5.97 Å². The summed E-state index contributed by atoms with van der Waals surface area (Å²) in [5.74, 6) is -1.54. The van der Waals surface area contributed by atoms with Crippen LogP contribution in [-0.4, -0.2) is 36.7 Å². The monoisotopic (exact) mass is 320 g/mol. The number of hydrogen-bond acceptors (Lipinski definition) is 4. The van der Waals surface area contributed by atoms with Crippen molar-refractivity contribution in [1.29, 1.82) is 0 Å². The van der Waals surface area contributed by atoms with E-state index in [2.05, 4.69) is 5.32 Å². The summed E-state index contributed by atoms with van der Waals surface area (Å²) in [6, 6.07) is 2.42. The van der Waals surface area contributed by atoms with Crippen LogP contribution in [0.15, 0.2) is 12.1 Å². The van der Waals surface area contributed by atoms with Crippen LogP contribution in [0.5, 0.6) is 0 Å². The molecule has 4 N–H and O–H groups in total. The van der Waals surface area contributed by atoms with Gasteiger partial charge in [-0.2, -0.15) is 0 Å².